The fourth-order valence-electron chi connectivity index (χ4n) is 4.14. The van der Waals surface area contributed by atoms with Gasteiger partial charge in [-0.2, -0.15) is 0 Å². The molecule has 0 aliphatic carbocycles. The van der Waals surface area contributed by atoms with Crippen molar-refractivity contribution < 1.29 is 9.59 Å². The summed E-state index contributed by atoms with van der Waals surface area (Å²) in [5.41, 5.74) is 4.73. The average molecular weight is 443 g/mol. The molecule has 3 N–H and O–H groups in total. The van der Waals surface area contributed by atoms with Crippen LogP contribution in [0.5, 0.6) is 0 Å². The Kier molecular flexibility index (Phi) is 7.25. The fourth-order valence-corrected chi connectivity index (χ4v) is 4.14. The zero-order valence-electron chi connectivity index (χ0n) is 18.9. The lowest BCUT2D eigenvalue weighted by Crippen LogP contribution is -2.31. The van der Waals surface area contributed by atoms with Gasteiger partial charge in [-0.05, 0) is 67.6 Å². The maximum atomic E-state index is 12.9. The van der Waals surface area contributed by atoms with Crippen LogP contribution in [0.1, 0.15) is 42.1 Å². The van der Waals surface area contributed by atoms with E-state index < -0.39 is 0 Å². The molecule has 0 bridgehead atoms. The van der Waals surface area contributed by atoms with Crippen molar-refractivity contribution >= 4 is 34.7 Å². The minimum atomic E-state index is -0.305. The normalized spacial score (nSPS) is 13.3. The van der Waals surface area contributed by atoms with Crippen LogP contribution in [0.3, 0.4) is 0 Å². The second-order valence-electron chi connectivity index (χ2n) is 8.19. The summed E-state index contributed by atoms with van der Waals surface area (Å²) in [5, 5.41) is 8.93. The van der Waals surface area contributed by atoms with E-state index in [-0.39, 0.29) is 11.9 Å². The summed E-state index contributed by atoms with van der Waals surface area (Å²) in [5.74, 6) is -0.186. The Morgan fingerprint density at radius 3 is 2.24 bits per heavy atom. The lowest BCUT2D eigenvalue weighted by molar-refractivity contribution is 0.102. The number of carbonyl (C=O) groups excluding carboxylic acids is 2. The van der Waals surface area contributed by atoms with Crippen molar-refractivity contribution in [1.82, 2.24) is 0 Å². The first-order valence-corrected chi connectivity index (χ1v) is 11.6. The highest BCUT2D eigenvalue weighted by molar-refractivity contribution is 6.06. The number of urea groups is 1. The first kappa shape index (κ1) is 22.4. The topological polar surface area (TPSA) is 73.5 Å². The summed E-state index contributed by atoms with van der Waals surface area (Å²) in [7, 11) is 0. The van der Waals surface area contributed by atoms with Crippen LogP contribution in [0, 0.1) is 0 Å². The van der Waals surface area contributed by atoms with Crippen LogP contribution in [0.2, 0.25) is 0 Å². The van der Waals surface area contributed by atoms with Crippen LogP contribution in [-0.4, -0.2) is 25.0 Å². The Labute approximate surface area is 195 Å². The third-order valence-corrected chi connectivity index (χ3v) is 5.88. The highest BCUT2D eigenvalue weighted by Crippen LogP contribution is 2.32. The van der Waals surface area contributed by atoms with Gasteiger partial charge in [0.2, 0.25) is 0 Å². The standard InChI is InChI=1S/C27H30N4O2/c1-2-20-11-7-8-14-23(20)29-27(33)30-24-19-22(28-26(32)21-12-5-3-6-13-21)15-16-25(24)31-17-9-4-10-18-31/h3,5-8,11-16,19H,2,4,9-10,17-18H2,1H3,(H,28,32)(H2,29,30,33). The summed E-state index contributed by atoms with van der Waals surface area (Å²) < 4.78 is 0. The van der Waals surface area contributed by atoms with Crippen LogP contribution >= 0.6 is 0 Å². The van der Waals surface area contributed by atoms with E-state index in [2.05, 4.69) is 27.8 Å². The molecule has 0 radical (unpaired) electrons. The van der Waals surface area contributed by atoms with Gasteiger partial charge >= 0.3 is 6.03 Å². The largest absolute Gasteiger partial charge is 0.370 e. The molecule has 1 heterocycles. The van der Waals surface area contributed by atoms with Crippen LogP contribution in [0.4, 0.5) is 27.5 Å². The Morgan fingerprint density at radius 1 is 0.788 bits per heavy atom. The molecule has 6 heteroatoms. The first-order chi connectivity index (χ1) is 16.1. The number of hydrogen-bond donors (Lipinski definition) is 3. The molecule has 33 heavy (non-hydrogen) atoms. The summed E-state index contributed by atoms with van der Waals surface area (Å²) in [4.78, 5) is 27.8. The highest BCUT2D eigenvalue weighted by Gasteiger charge is 2.18. The summed E-state index contributed by atoms with van der Waals surface area (Å²) >= 11 is 0. The van der Waals surface area contributed by atoms with Crippen molar-refractivity contribution in [3.8, 4) is 0 Å². The Bertz CT molecular complexity index is 1110. The maximum Gasteiger partial charge on any atom is 0.323 e. The van der Waals surface area contributed by atoms with Crippen molar-refractivity contribution in [3.05, 3.63) is 83.9 Å². The minimum absolute atomic E-state index is 0.186. The van der Waals surface area contributed by atoms with E-state index in [1.807, 2.05) is 60.7 Å². The number of anilines is 4. The highest BCUT2D eigenvalue weighted by atomic mass is 16.2. The van der Waals surface area contributed by atoms with Crippen molar-refractivity contribution in [3.63, 3.8) is 0 Å². The van der Waals surface area contributed by atoms with Gasteiger partial charge in [0.05, 0.1) is 11.4 Å². The minimum Gasteiger partial charge on any atom is -0.370 e. The van der Waals surface area contributed by atoms with Gasteiger partial charge in [0.1, 0.15) is 0 Å². The third-order valence-electron chi connectivity index (χ3n) is 5.88. The van der Waals surface area contributed by atoms with E-state index in [4.69, 9.17) is 0 Å². The van der Waals surface area contributed by atoms with Crippen molar-refractivity contribution in [2.75, 3.05) is 33.9 Å². The molecule has 1 saturated heterocycles. The molecule has 0 atom stereocenters. The van der Waals surface area contributed by atoms with Crippen molar-refractivity contribution in [1.29, 1.82) is 0 Å². The van der Waals surface area contributed by atoms with Crippen LogP contribution in [0.25, 0.3) is 0 Å². The molecule has 0 aromatic heterocycles. The average Bonchev–Trinajstić information content (AvgIpc) is 2.85. The Balaban J connectivity index is 1.56. The van der Waals surface area contributed by atoms with Gasteiger partial charge in [0.15, 0.2) is 0 Å². The van der Waals surface area contributed by atoms with Gasteiger partial charge in [-0.3, -0.25) is 4.79 Å². The second kappa shape index (κ2) is 10.7. The molecule has 1 aliphatic heterocycles. The van der Waals surface area contributed by atoms with Crippen LogP contribution in [0.15, 0.2) is 72.8 Å². The molecule has 170 valence electrons. The van der Waals surface area contributed by atoms with Gasteiger partial charge < -0.3 is 20.9 Å². The second-order valence-corrected chi connectivity index (χ2v) is 8.19. The summed E-state index contributed by atoms with van der Waals surface area (Å²) in [6.07, 6.45) is 4.30. The van der Waals surface area contributed by atoms with E-state index in [1.165, 1.54) is 6.42 Å². The number of benzene rings is 3. The zero-order valence-corrected chi connectivity index (χ0v) is 18.9. The van der Waals surface area contributed by atoms with E-state index in [1.54, 1.807) is 12.1 Å². The Hall–Kier alpha value is -3.80. The molecule has 0 unspecified atom stereocenters. The number of carbonyl (C=O) groups is 2. The van der Waals surface area contributed by atoms with Crippen LogP contribution < -0.4 is 20.9 Å². The monoisotopic (exact) mass is 442 g/mol. The van der Waals surface area contributed by atoms with E-state index in [9.17, 15) is 9.59 Å². The maximum absolute atomic E-state index is 12.9. The van der Waals surface area contributed by atoms with E-state index in [0.717, 1.165) is 49.3 Å². The number of aryl methyl sites for hydroxylation is 1. The first-order valence-electron chi connectivity index (χ1n) is 11.6. The molecule has 6 nitrogen and oxygen atoms in total. The predicted molar refractivity (Wildman–Crippen MR) is 135 cm³/mol. The molecule has 0 spiro atoms. The lowest BCUT2D eigenvalue weighted by atomic mass is 10.1. The van der Waals surface area contributed by atoms with Gasteiger partial charge in [0, 0.05) is 30.0 Å². The molecular formula is C27H30N4O2. The lowest BCUT2D eigenvalue weighted by Gasteiger charge is -2.31. The molecule has 0 saturated carbocycles. The van der Waals surface area contributed by atoms with Gasteiger partial charge in [0.25, 0.3) is 5.91 Å². The van der Waals surface area contributed by atoms with Crippen LogP contribution in [-0.2, 0) is 6.42 Å². The third kappa shape index (κ3) is 5.71. The van der Waals surface area contributed by atoms with Gasteiger partial charge in [-0.25, -0.2) is 4.79 Å². The number of nitrogens with zero attached hydrogens (tertiary/aromatic N) is 1. The van der Waals surface area contributed by atoms with Gasteiger partial charge in [-0.15, -0.1) is 0 Å². The van der Waals surface area contributed by atoms with E-state index >= 15 is 0 Å². The number of nitrogens with one attached hydrogen (secondary N) is 3. The predicted octanol–water partition coefficient (Wildman–Crippen LogP) is 6.14. The smallest absolute Gasteiger partial charge is 0.323 e. The quantitative estimate of drug-likeness (QED) is 0.430. The summed E-state index contributed by atoms with van der Waals surface area (Å²) in [6, 6.07) is 22.3. The number of rotatable bonds is 6. The molecule has 3 amide bonds. The fraction of sp³-hybridized carbons (Fsp3) is 0.259. The molecule has 4 rings (SSSR count). The molecule has 1 fully saturated rings. The molecular weight excluding hydrogens is 412 g/mol. The number of hydrogen-bond acceptors (Lipinski definition) is 3. The number of amides is 3. The van der Waals surface area contributed by atoms with Crippen molar-refractivity contribution in [2.24, 2.45) is 0 Å². The van der Waals surface area contributed by atoms with Gasteiger partial charge in [-0.1, -0.05) is 43.3 Å². The zero-order chi connectivity index (χ0) is 23.0. The number of piperidine rings is 1. The van der Waals surface area contributed by atoms with Crippen molar-refractivity contribution in [2.45, 2.75) is 32.6 Å². The Morgan fingerprint density at radius 2 is 1.48 bits per heavy atom. The summed E-state index contributed by atoms with van der Waals surface area (Å²) in [6.45, 7) is 3.96. The molecule has 3 aromatic carbocycles. The molecule has 1 aliphatic rings. The number of para-hydroxylation sites is 1. The SMILES string of the molecule is CCc1ccccc1NC(=O)Nc1cc(NC(=O)c2ccccc2)ccc1N1CCCCC1. The molecule has 3 aromatic rings. The van der Waals surface area contributed by atoms with E-state index in [0.29, 0.717) is 16.9 Å².